The lowest BCUT2D eigenvalue weighted by molar-refractivity contribution is 0.320. The maximum absolute atomic E-state index is 13.5. The van der Waals surface area contributed by atoms with E-state index in [0.717, 1.165) is 19.5 Å². The van der Waals surface area contributed by atoms with Crippen molar-refractivity contribution in [3.63, 3.8) is 0 Å². The average molecular weight is 224 g/mol. The van der Waals surface area contributed by atoms with E-state index in [1.807, 2.05) is 0 Å². The number of halogens is 1. The van der Waals surface area contributed by atoms with Crippen LogP contribution >= 0.6 is 0 Å². The van der Waals surface area contributed by atoms with Crippen molar-refractivity contribution in [2.24, 2.45) is 5.73 Å². The highest BCUT2D eigenvalue weighted by Gasteiger charge is 2.20. The van der Waals surface area contributed by atoms with Crippen molar-refractivity contribution in [3.05, 3.63) is 29.6 Å². The summed E-state index contributed by atoms with van der Waals surface area (Å²) in [5.41, 5.74) is 6.49. The van der Waals surface area contributed by atoms with Gasteiger partial charge in [0, 0.05) is 31.2 Å². The quantitative estimate of drug-likeness (QED) is 0.842. The van der Waals surface area contributed by atoms with Gasteiger partial charge >= 0.3 is 0 Å². The fraction of sp³-hybridized carbons (Fsp3) is 0.500. The Morgan fingerprint density at radius 3 is 3.00 bits per heavy atom. The van der Waals surface area contributed by atoms with Crippen molar-refractivity contribution >= 4 is 0 Å². The van der Waals surface area contributed by atoms with Gasteiger partial charge in [-0.05, 0) is 24.6 Å². The van der Waals surface area contributed by atoms with Crippen LogP contribution in [0.25, 0.3) is 0 Å². The highest BCUT2D eigenvalue weighted by atomic mass is 19.1. The molecule has 2 rings (SSSR count). The molecule has 1 aliphatic heterocycles. The summed E-state index contributed by atoms with van der Waals surface area (Å²) < 4.78 is 18.6. The van der Waals surface area contributed by atoms with Gasteiger partial charge in [0.2, 0.25) is 0 Å². The summed E-state index contributed by atoms with van der Waals surface area (Å²) in [6.07, 6.45) is 0.992. The predicted octanol–water partition coefficient (Wildman–Crippen LogP) is 1.37. The molecule has 0 unspecified atom stereocenters. The molecule has 0 aliphatic carbocycles. The van der Waals surface area contributed by atoms with Crippen molar-refractivity contribution in [1.29, 1.82) is 0 Å². The van der Waals surface area contributed by atoms with Crippen LogP contribution in [0.4, 0.5) is 4.39 Å². The molecule has 1 aromatic carbocycles. The summed E-state index contributed by atoms with van der Waals surface area (Å²) in [5, 5.41) is 0. The molecule has 0 radical (unpaired) electrons. The molecule has 1 aromatic rings. The van der Waals surface area contributed by atoms with E-state index in [-0.39, 0.29) is 11.9 Å². The minimum Gasteiger partial charge on any atom is -0.497 e. The summed E-state index contributed by atoms with van der Waals surface area (Å²) in [6, 6.07) is 5.06. The van der Waals surface area contributed by atoms with Crippen LogP contribution in [-0.2, 0) is 6.54 Å². The number of hydrogen-bond donors (Lipinski definition) is 1. The van der Waals surface area contributed by atoms with Gasteiger partial charge in [-0.2, -0.15) is 0 Å². The maximum atomic E-state index is 13.5. The zero-order valence-corrected chi connectivity index (χ0v) is 9.45. The van der Waals surface area contributed by atoms with Crippen LogP contribution in [0.1, 0.15) is 12.0 Å². The van der Waals surface area contributed by atoms with Crippen LogP contribution < -0.4 is 10.5 Å². The summed E-state index contributed by atoms with van der Waals surface area (Å²) in [4.78, 5) is 2.17. The van der Waals surface area contributed by atoms with E-state index in [1.165, 1.54) is 6.07 Å². The molecule has 0 aromatic heterocycles. The van der Waals surface area contributed by atoms with Gasteiger partial charge in [0.15, 0.2) is 0 Å². The fourth-order valence-corrected chi connectivity index (χ4v) is 2.05. The van der Waals surface area contributed by atoms with Gasteiger partial charge in [0.1, 0.15) is 11.6 Å². The number of hydrogen-bond acceptors (Lipinski definition) is 3. The van der Waals surface area contributed by atoms with Crippen LogP contribution in [-0.4, -0.2) is 31.1 Å². The standard InChI is InChI=1S/C12H17FN2O/c1-16-11-2-3-12(13)9(6-11)7-15-5-4-10(14)8-15/h2-3,6,10H,4-5,7-8,14H2,1H3/t10-/m0/s1. The van der Waals surface area contributed by atoms with E-state index in [1.54, 1.807) is 19.2 Å². The highest BCUT2D eigenvalue weighted by Crippen LogP contribution is 2.19. The van der Waals surface area contributed by atoms with Crippen LogP contribution in [0, 0.1) is 5.82 Å². The number of rotatable bonds is 3. The molecule has 1 atom stereocenters. The third-order valence-electron chi connectivity index (χ3n) is 2.96. The summed E-state index contributed by atoms with van der Waals surface area (Å²) in [6.45, 7) is 2.39. The van der Waals surface area contributed by atoms with Crippen LogP contribution in [0.3, 0.4) is 0 Å². The topological polar surface area (TPSA) is 38.5 Å². The Morgan fingerprint density at radius 1 is 1.56 bits per heavy atom. The van der Waals surface area contributed by atoms with Gasteiger partial charge in [-0.1, -0.05) is 0 Å². The first-order chi connectivity index (χ1) is 7.69. The third kappa shape index (κ3) is 2.51. The SMILES string of the molecule is COc1ccc(F)c(CN2CC[C@H](N)C2)c1. The van der Waals surface area contributed by atoms with E-state index in [2.05, 4.69) is 4.90 Å². The van der Waals surface area contributed by atoms with Gasteiger partial charge < -0.3 is 10.5 Å². The second-order valence-electron chi connectivity index (χ2n) is 4.24. The molecular formula is C12H17FN2O. The van der Waals surface area contributed by atoms with E-state index >= 15 is 0 Å². The molecule has 16 heavy (non-hydrogen) atoms. The Morgan fingerprint density at radius 2 is 2.38 bits per heavy atom. The molecule has 88 valence electrons. The van der Waals surface area contributed by atoms with Crippen LogP contribution in [0.5, 0.6) is 5.75 Å². The molecule has 2 N–H and O–H groups in total. The Bertz CT molecular complexity index is 370. The second kappa shape index (κ2) is 4.80. The fourth-order valence-electron chi connectivity index (χ4n) is 2.05. The normalized spacial score (nSPS) is 21.3. The van der Waals surface area contributed by atoms with E-state index < -0.39 is 0 Å². The molecule has 3 nitrogen and oxygen atoms in total. The van der Waals surface area contributed by atoms with Crippen molar-refractivity contribution in [1.82, 2.24) is 4.90 Å². The first kappa shape index (κ1) is 11.4. The lowest BCUT2D eigenvalue weighted by atomic mass is 10.2. The number of likely N-dealkylation sites (tertiary alicyclic amines) is 1. The summed E-state index contributed by atoms with van der Waals surface area (Å²) >= 11 is 0. The van der Waals surface area contributed by atoms with Crippen molar-refractivity contribution < 1.29 is 9.13 Å². The van der Waals surface area contributed by atoms with Crippen molar-refractivity contribution in [2.45, 2.75) is 19.0 Å². The molecule has 0 saturated carbocycles. The molecule has 4 heteroatoms. The average Bonchev–Trinajstić information content (AvgIpc) is 2.67. The zero-order chi connectivity index (χ0) is 11.5. The number of nitrogens with zero attached hydrogens (tertiary/aromatic N) is 1. The number of ether oxygens (including phenoxy) is 1. The van der Waals surface area contributed by atoms with Gasteiger partial charge in [0.25, 0.3) is 0 Å². The molecule has 1 aliphatic rings. The van der Waals surface area contributed by atoms with Gasteiger partial charge in [-0.25, -0.2) is 4.39 Å². The monoisotopic (exact) mass is 224 g/mol. The third-order valence-corrected chi connectivity index (χ3v) is 2.96. The highest BCUT2D eigenvalue weighted by molar-refractivity contribution is 5.29. The molecular weight excluding hydrogens is 207 g/mol. The molecule has 1 heterocycles. The lowest BCUT2D eigenvalue weighted by Crippen LogP contribution is -2.26. The number of methoxy groups -OCH3 is 1. The minimum atomic E-state index is -0.179. The van der Waals surface area contributed by atoms with Crippen molar-refractivity contribution in [3.8, 4) is 5.75 Å². The largest absolute Gasteiger partial charge is 0.497 e. The zero-order valence-electron chi connectivity index (χ0n) is 9.45. The number of nitrogens with two attached hydrogens (primary N) is 1. The van der Waals surface area contributed by atoms with Crippen LogP contribution in [0.2, 0.25) is 0 Å². The Kier molecular flexibility index (Phi) is 3.41. The molecule has 1 fully saturated rings. The van der Waals surface area contributed by atoms with E-state index in [4.69, 9.17) is 10.5 Å². The van der Waals surface area contributed by atoms with E-state index in [9.17, 15) is 4.39 Å². The van der Waals surface area contributed by atoms with Gasteiger partial charge in [-0.15, -0.1) is 0 Å². The maximum Gasteiger partial charge on any atom is 0.127 e. The first-order valence-electron chi connectivity index (χ1n) is 5.49. The van der Waals surface area contributed by atoms with Crippen molar-refractivity contribution in [2.75, 3.05) is 20.2 Å². The summed E-state index contributed by atoms with van der Waals surface area (Å²) in [7, 11) is 1.59. The van der Waals surface area contributed by atoms with Gasteiger partial charge in [-0.3, -0.25) is 4.90 Å². The first-order valence-corrected chi connectivity index (χ1v) is 5.49. The predicted molar refractivity (Wildman–Crippen MR) is 60.8 cm³/mol. The molecule has 0 spiro atoms. The van der Waals surface area contributed by atoms with E-state index in [0.29, 0.717) is 17.9 Å². The smallest absolute Gasteiger partial charge is 0.127 e. The van der Waals surface area contributed by atoms with Gasteiger partial charge in [0.05, 0.1) is 7.11 Å². The number of benzene rings is 1. The Balaban J connectivity index is 2.08. The molecule has 1 saturated heterocycles. The molecule has 0 bridgehead atoms. The molecule has 0 amide bonds. The second-order valence-corrected chi connectivity index (χ2v) is 4.24. The Hall–Kier alpha value is -1.13. The lowest BCUT2D eigenvalue weighted by Gasteiger charge is -2.16. The minimum absolute atomic E-state index is 0.179. The summed E-state index contributed by atoms with van der Waals surface area (Å²) in [5.74, 6) is 0.515. The Labute approximate surface area is 95.0 Å². The van der Waals surface area contributed by atoms with Crippen LogP contribution in [0.15, 0.2) is 18.2 Å².